The Kier molecular flexibility index (Phi) is 5.25. The van der Waals surface area contributed by atoms with E-state index in [2.05, 4.69) is 27.8 Å². The van der Waals surface area contributed by atoms with E-state index < -0.39 is 0 Å². The Bertz CT molecular complexity index is 643. The molecular weight excluding hydrogens is 300 g/mol. The van der Waals surface area contributed by atoms with Crippen LogP contribution in [0.5, 0.6) is 0 Å². The number of hydrogen-bond donors (Lipinski definition) is 1. The summed E-state index contributed by atoms with van der Waals surface area (Å²) in [6.07, 6.45) is 8.33. The molecule has 130 valence electrons. The van der Waals surface area contributed by atoms with E-state index in [4.69, 9.17) is 0 Å². The van der Waals surface area contributed by atoms with Gasteiger partial charge in [-0.2, -0.15) is 5.26 Å². The summed E-state index contributed by atoms with van der Waals surface area (Å²) >= 11 is 0. The van der Waals surface area contributed by atoms with Gasteiger partial charge >= 0.3 is 0 Å². The molecule has 5 heteroatoms. The lowest BCUT2D eigenvalue weighted by atomic mass is 10.1. The summed E-state index contributed by atoms with van der Waals surface area (Å²) in [5, 5.41) is 12.7. The summed E-state index contributed by atoms with van der Waals surface area (Å²) in [5.74, 6) is 0.728. The predicted molar refractivity (Wildman–Crippen MR) is 95.0 cm³/mol. The number of anilines is 1. The average molecular weight is 328 g/mol. The Hall–Kier alpha value is -1.80. The van der Waals surface area contributed by atoms with Crippen molar-refractivity contribution in [2.45, 2.75) is 64.8 Å². The number of carbonyl (C=O) groups excluding carboxylic acids is 1. The predicted octanol–water partition coefficient (Wildman–Crippen LogP) is 3.52. The van der Waals surface area contributed by atoms with Crippen molar-refractivity contribution in [1.29, 1.82) is 5.26 Å². The molecule has 24 heavy (non-hydrogen) atoms. The number of amides is 1. The fourth-order valence-electron chi connectivity index (χ4n) is 4.20. The molecule has 1 aliphatic heterocycles. The fraction of sp³-hybridized carbons (Fsp3) is 0.684. The molecule has 2 fully saturated rings. The van der Waals surface area contributed by atoms with Crippen LogP contribution in [-0.4, -0.2) is 35.0 Å². The van der Waals surface area contributed by atoms with Crippen molar-refractivity contribution in [3.05, 3.63) is 16.8 Å². The highest BCUT2D eigenvalue weighted by molar-refractivity contribution is 5.93. The first kappa shape index (κ1) is 17.0. The van der Waals surface area contributed by atoms with Crippen molar-refractivity contribution in [2.75, 3.05) is 25.0 Å². The molecule has 1 saturated heterocycles. The van der Waals surface area contributed by atoms with Crippen LogP contribution < -0.4 is 5.32 Å². The van der Waals surface area contributed by atoms with E-state index in [1.165, 1.54) is 32.1 Å². The molecule has 0 aromatic carbocycles. The SMILES string of the molecule is Cc1c(C#N)c(NC(=O)CN2CCCCC2)n(C2CCCC2)c1C. The second kappa shape index (κ2) is 7.40. The molecular formula is C19H28N4O. The van der Waals surface area contributed by atoms with Gasteiger partial charge < -0.3 is 9.88 Å². The second-order valence-electron chi connectivity index (χ2n) is 7.24. The molecule has 2 heterocycles. The zero-order chi connectivity index (χ0) is 17.1. The van der Waals surface area contributed by atoms with Gasteiger partial charge in [-0.25, -0.2) is 0 Å². The van der Waals surface area contributed by atoms with Gasteiger partial charge in [0.25, 0.3) is 0 Å². The summed E-state index contributed by atoms with van der Waals surface area (Å²) in [4.78, 5) is 14.8. The lowest BCUT2D eigenvalue weighted by Gasteiger charge is -2.26. The van der Waals surface area contributed by atoms with Crippen molar-refractivity contribution in [2.24, 2.45) is 0 Å². The summed E-state index contributed by atoms with van der Waals surface area (Å²) in [5.41, 5.74) is 2.75. The van der Waals surface area contributed by atoms with E-state index >= 15 is 0 Å². The number of hydrogen-bond acceptors (Lipinski definition) is 3. The highest BCUT2D eigenvalue weighted by Crippen LogP contribution is 2.37. The Morgan fingerprint density at radius 1 is 1.17 bits per heavy atom. The van der Waals surface area contributed by atoms with Crippen LogP contribution in [0.3, 0.4) is 0 Å². The molecule has 1 N–H and O–H groups in total. The van der Waals surface area contributed by atoms with Crippen LogP contribution in [0.15, 0.2) is 0 Å². The molecule has 1 amide bonds. The van der Waals surface area contributed by atoms with Crippen molar-refractivity contribution >= 4 is 11.7 Å². The van der Waals surface area contributed by atoms with Gasteiger partial charge in [-0.05, 0) is 58.2 Å². The van der Waals surface area contributed by atoms with Crippen molar-refractivity contribution < 1.29 is 4.79 Å². The van der Waals surface area contributed by atoms with E-state index in [0.717, 1.165) is 43.0 Å². The Morgan fingerprint density at radius 3 is 2.46 bits per heavy atom. The topological polar surface area (TPSA) is 61.1 Å². The first-order valence-corrected chi connectivity index (χ1v) is 9.25. The van der Waals surface area contributed by atoms with Gasteiger partial charge in [0.15, 0.2) is 0 Å². The first-order valence-electron chi connectivity index (χ1n) is 9.25. The average Bonchev–Trinajstić information content (AvgIpc) is 3.16. The molecule has 0 bridgehead atoms. The van der Waals surface area contributed by atoms with E-state index in [1.54, 1.807) is 0 Å². The molecule has 3 rings (SSSR count). The number of nitriles is 1. The van der Waals surface area contributed by atoms with Gasteiger partial charge in [0.2, 0.25) is 5.91 Å². The van der Waals surface area contributed by atoms with Crippen molar-refractivity contribution in [3.8, 4) is 6.07 Å². The lowest BCUT2D eigenvalue weighted by Crippen LogP contribution is -2.37. The zero-order valence-electron chi connectivity index (χ0n) is 14.9. The second-order valence-corrected chi connectivity index (χ2v) is 7.24. The van der Waals surface area contributed by atoms with E-state index in [0.29, 0.717) is 18.2 Å². The molecule has 1 aliphatic carbocycles. The minimum Gasteiger partial charge on any atom is -0.327 e. The van der Waals surface area contributed by atoms with Gasteiger partial charge in [0.1, 0.15) is 11.9 Å². The fourth-order valence-corrected chi connectivity index (χ4v) is 4.20. The number of piperidine rings is 1. The number of rotatable bonds is 4. The number of nitrogens with zero attached hydrogens (tertiary/aromatic N) is 3. The van der Waals surface area contributed by atoms with Gasteiger partial charge in [0.05, 0.1) is 12.1 Å². The maximum atomic E-state index is 12.6. The van der Waals surface area contributed by atoms with E-state index in [1.807, 2.05) is 6.92 Å². The highest BCUT2D eigenvalue weighted by Gasteiger charge is 2.27. The number of aromatic nitrogens is 1. The van der Waals surface area contributed by atoms with Gasteiger partial charge in [-0.3, -0.25) is 9.69 Å². The quantitative estimate of drug-likeness (QED) is 0.920. The largest absolute Gasteiger partial charge is 0.327 e. The van der Waals surface area contributed by atoms with Crippen molar-refractivity contribution in [3.63, 3.8) is 0 Å². The van der Waals surface area contributed by atoms with Crippen LogP contribution in [0.2, 0.25) is 0 Å². The number of carbonyl (C=O) groups is 1. The maximum absolute atomic E-state index is 12.6. The van der Waals surface area contributed by atoms with Crippen LogP contribution in [0.4, 0.5) is 5.82 Å². The Balaban J connectivity index is 1.81. The molecule has 0 spiro atoms. The molecule has 0 radical (unpaired) electrons. The molecule has 0 atom stereocenters. The number of nitrogens with one attached hydrogen (secondary N) is 1. The lowest BCUT2D eigenvalue weighted by molar-refractivity contribution is -0.117. The van der Waals surface area contributed by atoms with Crippen LogP contribution in [0, 0.1) is 25.2 Å². The van der Waals surface area contributed by atoms with Gasteiger partial charge in [0, 0.05) is 11.7 Å². The highest BCUT2D eigenvalue weighted by atomic mass is 16.2. The maximum Gasteiger partial charge on any atom is 0.239 e. The molecule has 5 nitrogen and oxygen atoms in total. The summed E-state index contributed by atoms with van der Waals surface area (Å²) in [6, 6.07) is 2.72. The molecule has 0 unspecified atom stereocenters. The zero-order valence-corrected chi connectivity index (χ0v) is 14.9. The molecule has 1 saturated carbocycles. The van der Waals surface area contributed by atoms with E-state index in [9.17, 15) is 10.1 Å². The smallest absolute Gasteiger partial charge is 0.239 e. The van der Waals surface area contributed by atoms with Crippen LogP contribution in [-0.2, 0) is 4.79 Å². The summed E-state index contributed by atoms with van der Waals surface area (Å²) < 4.78 is 2.22. The van der Waals surface area contributed by atoms with Gasteiger partial charge in [-0.15, -0.1) is 0 Å². The first-order chi connectivity index (χ1) is 11.6. The number of likely N-dealkylation sites (tertiary alicyclic amines) is 1. The van der Waals surface area contributed by atoms with E-state index in [-0.39, 0.29) is 5.91 Å². The summed E-state index contributed by atoms with van der Waals surface area (Å²) in [7, 11) is 0. The van der Waals surface area contributed by atoms with Crippen LogP contribution in [0.25, 0.3) is 0 Å². The molecule has 2 aliphatic rings. The van der Waals surface area contributed by atoms with Crippen molar-refractivity contribution in [1.82, 2.24) is 9.47 Å². The van der Waals surface area contributed by atoms with Crippen LogP contribution >= 0.6 is 0 Å². The Morgan fingerprint density at radius 2 is 1.83 bits per heavy atom. The minimum absolute atomic E-state index is 0.00477. The van der Waals surface area contributed by atoms with Crippen LogP contribution in [0.1, 0.15) is 67.8 Å². The standard InChI is InChI=1S/C19H28N4O/c1-14-15(2)23(16-8-4-5-9-16)19(17(14)12-20)21-18(24)13-22-10-6-3-7-11-22/h16H,3-11,13H2,1-2H3,(H,21,24). The minimum atomic E-state index is 0.00477. The third-order valence-electron chi connectivity index (χ3n) is 5.63. The third kappa shape index (κ3) is 3.34. The van der Waals surface area contributed by atoms with Gasteiger partial charge in [-0.1, -0.05) is 19.3 Å². The molecule has 1 aromatic heterocycles. The third-order valence-corrected chi connectivity index (χ3v) is 5.63. The Labute approximate surface area is 144 Å². The monoisotopic (exact) mass is 328 g/mol. The summed E-state index contributed by atoms with van der Waals surface area (Å²) in [6.45, 7) is 6.48. The normalized spacial score (nSPS) is 19.4. The molecule has 1 aromatic rings.